The highest BCUT2D eigenvalue weighted by molar-refractivity contribution is 6.34. The third kappa shape index (κ3) is 2.51. The molecule has 0 fully saturated rings. The predicted molar refractivity (Wildman–Crippen MR) is 86.8 cm³/mol. The van der Waals surface area contributed by atoms with Crippen LogP contribution in [0.25, 0.3) is 5.57 Å². The van der Waals surface area contributed by atoms with Gasteiger partial charge in [0.05, 0.1) is 24.3 Å². The Bertz CT molecular complexity index is 876. The summed E-state index contributed by atoms with van der Waals surface area (Å²) in [5.74, 6) is 0.281. The Morgan fingerprint density at radius 3 is 2.65 bits per heavy atom. The number of aliphatic hydroxyl groups is 1. The van der Waals surface area contributed by atoms with Crippen LogP contribution >= 0.6 is 0 Å². The summed E-state index contributed by atoms with van der Waals surface area (Å²) in [6, 6.07) is 14.5. The Hall–Kier alpha value is -3.26. The first-order valence-electron chi connectivity index (χ1n) is 6.88. The molecule has 23 heavy (non-hydrogen) atoms. The second-order valence-electron chi connectivity index (χ2n) is 4.93. The Labute approximate surface area is 134 Å². The first-order chi connectivity index (χ1) is 11.2. The van der Waals surface area contributed by atoms with Crippen molar-refractivity contribution in [1.29, 1.82) is 5.26 Å². The van der Waals surface area contributed by atoms with E-state index >= 15 is 0 Å². The van der Waals surface area contributed by atoms with Crippen molar-refractivity contribution in [1.82, 2.24) is 5.43 Å². The van der Waals surface area contributed by atoms with Crippen molar-refractivity contribution >= 4 is 11.3 Å². The zero-order valence-corrected chi connectivity index (χ0v) is 12.4. The van der Waals surface area contributed by atoms with Gasteiger partial charge in [-0.05, 0) is 30.7 Å². The van der Waals surface area contributed by atoms with E-state index < -0.39 is 0 Å². The van der Waals surface area contributed by atoms with Gasteiger partial charge in [0.25, 0.3) is 0 Å². The molecule has 3 rings (SSSR count). The van der Waals surface area contributed by atoms with Crippen LogP contribution in [0.1, 0.15) is 22.3 Å². The van der Waals surface area contributed by atoms with Crippen LogP contribution in [0.3, 0.4) is 0 Å². The number of aliphatic hydroxyl groups excluding tert-OH is 1. The molecule has 0 aromatic heterocycles. The van der Waals surface area contributed by atoms with Crippen molar-refractivity contribution < 1.29 is 9.84 Å². The van der Waals surface area contributed by atoms with Crippen molar-refractivity contribution in [2.24, 2.45) is 5.10 Å². The molecule has 0 saturated carbocycles. The highest BCUT2D eigenvalue weighted by Gasteiger charge is 2.27. The normalized spacial score (nSPS) is 13.3. The van der Waals surface area contributed by atoms with Gasteiger partial charge in [0.15, 0.2) is 0 Å². The summed E-state index contributed by atoms with van der Waals surface area (Å²) in [6.45, 7) is 3.99. The molecule has 0 atom stereocenters. The number of nitrogens with zero attached hydrogens (tertiary/aromatic N) is 3. The molecule has 1 N–H and O–H groups in total. The third-order valence-electron chi connectivity index (χ3n) is 3.58. The zero-order valence-electron chi connectivity index (χ0n) is 12.4. The molecule has 0 unspecified atom stereocenters. The first kappa shape index (κ1) is 14.7. The summed E-state index contributed by atoms with van der Waals surface area (Å²) in [6.07, 6.45) is 0. The quantitative estimate of drug-likeness (QED) is 0.946. The van der Waals surface area contributed by atoms with Gasteiger partial charge in [-0.1, -0.05) is 24.3 Å². The van der Waals surface area contributed by atoms with Gasteiger partial charge in [0.1, 0.15) is 11.5 Å². The van der Waals surface area contributed by atoms with Crippen LogP contribution in [-0.4, -0.2) is 17.9 Å². The first-order valence-corrected chi connectivity index (χ1v) is 6.88. The highest BCUT2D eigenvalue weighted by Crippen LogP contribution is 2.34. The fourth-order valence-corrected chi connectivity index (χ4v) is 2.46. The lowest BCUT2D eigenvalue weighted by Gasteiger charge is -2.12. The summed E-state index contributed by atoms with van der Waals surface area (Å²) in [4.78, 5) is 0. The molecule has 2 aromatic rings. The fourth-order valence-electron chi connectivity index (χ4n) is 2.46. The molecule has 2 radical (unpaired) electrons. The SMILES string of the molecule is [CH2]c1ccccc1C1=N[N]C(O)=C1c1ccc(C#N)cc1OC. The summed E-state index contributed by atoms with van der Waals surface area (Å²) in [5, 5.41) is 23.3. The lowest BCUT2D eigenvalue weighted by molar-refractivity contribution is 0.372. The molecule has 0 aliphatic carbocycles. The van der Waals surface area contributed by atoms with Crippen LogP contribution in [0.5, 0.6) is 5.75 Å². The number of hydrogen-bond acceptors (Lipinski definition) is 4. The van der Waals surface area contributed by atoms with Gasteiger partial charge in [-0.3, -0.25) is 0 Å². The predicted octanol–water partition coefficient (Wildman–Crippen LogP) is 3.00. The van der Waals surface area contributed by atoms with E-state index in [0.29, 0.717) is 28.2 Å². The van der Waals surface area contributed by atoms with Crippen LogP contribution in [-0.2, 0) is 0 Å². The van der Waals surface area contributed by atoms with E-state index in [1.165, 1.54) is 7.11 Å². The number of rotatable bonds is 3. The van der Waals surface area contributed by atoms with E-state index in [0.717, 1.165) is 11.1 Å². The van der Waals surface area contributed by atoms with Gasteiger partial charge in [-0.15, -0.1) is 10.5 Å². The molecule has 1 aliphatic heterocycles. The van der Waals surface area contributed by atoms with Crippen LogP contribution in [0.2, 0.25) is 0 Å². The molecule has 0 spiro atoms. The van der Waals surface area contributed by atoms with E-state index in [2.05, 4.69) is 23.5 Å². The molecule has 112 valence electrons. The number of nitriles is 1. The van der Waals surface area contributed by atoms with E-state index in [4.69, 9.17) is 10.00 Å². The molecule has 5 heteroatoms. The molecule has 0 saturated heterocycles. The second kappa shape index (κ2) is 5.85. The van der Waals surface area contributed by atoms with Crippen LogP contribution in [0, 0.1) is 18.3 Å². The average Bonchev–Trinajstić information content (AvgIpc) is 2.96. The number of methoxy groups -OCH3 is 1. The summed E-state index contributed by atoms with van der Waals surface area (Å²) in [5.41, 5.74) is 7.42. The van der Waals surface area contributed by atoms with E-state index in [-0.39, 0.29) is 5.88 Å². The topological polar surface area (TPSA) is 79.7 Å². The lowest BCUT2D eigenvalue weighted by Crippen LogP contribution is -2.06. The summed E-state index contributed by atoms with van der Waals surface area (Å²) < 4.78 is 5.35. The van der Waals surface area contributed by atoms with Gasteiger partial charge >= 0.3 is 0 Å². The van der Waals surface area contributed by atoms with E-state index in [1.54, 1.807) is 18.2 Å². The smallest absolute Gasteiger partial charge is 0.241 e. The molecule has 1 heterocycles. The van der Waals surface area contributed by atoms with Crippen LogP contribution < -0.4 is 10.2 Å². The van der Waals surface area contributed by atoms with Gasteiger partial charge in [-0.2, -0.15) is 5.26 Å². The minimum Gasteiger partial charge on any atom is -0.496 e. The van der Waals surface area contributed by atoms with Crippen molar-refractivity contribution in [3.05, 3.63) is 77.5 Å². The summed E-state index contributed by atoms with van der Waals surface area (Å²) in [7, 11) is 1.51. The van der Waals surface area contributed by atoms with Gasteiger partial charge in [-0.25, -0.2) is 0 Å². The minimum absolute atomic E-state index is 0.189. The zero-order chi connectivity index (χ0) is 16.4. The molecule has 1 aliphatic rings. The van der Waals surface area contributed by atoms with Gasteiger partial charge in [0, 0.05) is 11.1 Å². The molecule has 5 nitrogen and oxygen atoms in total. The molecule has 0 bridgehead atoms. The molecular weight excluding hydrogens is 290 g/mol. The lowest BCUT2D eigenvalue weighted by atomic mass is 9.93. The van der Waals surface area contributed by atoms with Crippen LogP contribution in [0.4, 0.5) is 0 Å². The maximum absolute atomic E-state index is 10.2. The Kier molecular flexibility index (Phi) is 3.73. The Morgan fingerprint density at radius 2 is 1.96 bits per heavy atom. The van der Waals surface area contributed by atoms with Gasteiger partial charge in [0.2, 0.25) is 5.88 Å². The standard InChI is InChI=1S/C18H13N3O2/c1-11-5-3-4-6-13(11)17-16(18(22)21-20-17)14-8-7-12(10-19)9-15(14)23-2/h3-9,22H,1H2,2H3. The number of allylic oxidation sites excluding steroid dienone is 1. The number of benzene rings is 2. The third-order valence-corrected chi connectivity index (χ3v) is 3.58. The summed E-state index contributed by atoms with van der Waals surface area (Å²) >= 11 is 0. The number of ether oxygens (including phenoxy) is 1. The maximum atomic E-state index is 10.2. The van der Waals surface area contributed by atoms with Crippen LogP contribution in [0.15, 0.2) is 53.4 Å². The maximum Gasteiger partial charge on any atom is 0.241 e. The fraction of sp³-hybridized carbons (Fsp3) is 0.0556. The van der Waals surface area contributed by atoms with E-state index in [9.17, 15) is 5.11 Å². The average molecular weight is 303 g/mol. The molecular formula is C18H13N3O2. The van der Waals surface area contributed by atoms with Crippen molar-refractivity contribution in [3.63, 3.8) is 0 Å². The van der Waals surface area contributed by atoms with Gasteiger partial charge < -0.3 is 9.84 Å². The van der Waals surface area contributed by atoms with E-state index in [1.807, 2.05) is 24.3 Å². The number of hydrogen-bond donors (Lipinski definition) is 1. The Balaban J connectivity index is 2.16. The largest absolute Gasteiger partial charge is 0.496 e. The highest BCUT2D eigenvalue weighted by atomic mass is 16.5. The van der Waals surface area contributed by atoms with Crippen molar-refractivity contribution in [2.75, 3.05) is 7.11 Å². The monoisotopic (exact) mass is 303 g/mol. The molecule has 2 aromatic carbocycles. The Morgan fingerprint density at radius 1 is 1.17 bits per heavy atom. The van der Waals surface area contributed by atoms with Crippen molar-refractivity contribution in [3.8, 4) is 11.8 Å². The minimum atomic E-state index is -0.189. The molecule has 0 amide bonds. The van der Waals surface area contributed by atoms with Crippen molar-refractivity contribution in [2.45, 2.75) is 0 Å². The second-order valence-corrected chi connectivity index (χ2v) is 4.93.